The van der Waals surface area contributed by atoms with Crippen LogP contribution in [-0.4, -0.2) is 41.2 Å². The van der Waals surface area contributed by atoms with Crippen LogP contribution in [0.25, 0.3) is 0 Å². The Kier molecular flexibility index (Phi) is 6.19. The first-order valence-corrected chi connectivity index (χ1v) is 6.40. The van der Waals surface area contributed by atoms with E-state index in [2.05, 4.69) is 0 Å². The first kappa shape index (κ1) is 16.5. The normalized spacial score (nSPS) is 9.95. The second-order valence-corrected chi connectivity index (χ2v) is 4.20. The zero-order valence-electron chi connectivity index (χ0n) is 11.6. The van der Waals surface area contributed by atoms with Crippen LogP contribution in [0.5, 0.6) is 5.75 Å². The lowest BCUT2D eigenvalue weighted by Crippen LogP contribution is -2.35. The zero-order chi connectivity index (χ0) is 15.8. The number of nitrogens with zero attached hydrogens (tertiary/aromatic N) is 1. The molecule has 0 aliphatic rings. The van der Waals surface area contributed by atoms with Gasteiger partial charge in [0.15, 0.2) is 0 Å². The molecule has 21 heavy (non-hydrogen) atoms. The van der Waals surface area contributed by atoms with E-state index in [1.807, 2.05) is 0 Å². The van der Waals surface area contributed by atoms with Gasteiger partial charge >= 0.3 is 11.9 Å². The van der Waals surface area contributed by atoms with Gasteiger partial charge in [0.05, 0.1) is 13.0 Å². The summed E-state index contributed by atoms with van der Waals surface area (Å²) in [6.07, 6.45) is -0.256. The molecule has 2 N–H and O–H groups in total. The van der Waals surface area contributed by atoms with Crippen LogP contribution in [0, 0.1) is 0 Å². The highest BCUT2D eigenvalue weighted by atomic mass is 16.5. The van der Waals surface area contributed by atoms with Crippen molar-refractivity contribution in [3.63, 3.8) is 0 Å². The zero-order valence-corrected chi connectivity index (χ0v) is 11.6. The highest BCUT2D eigenvalue weighted by Crippen LogP contribution is 2.19. The third-order valence-electron chi connectivity index (χ3n) is 2.60. The summed E-state index contributed by atoms with van der Waals surface area (Å²) >= 11 is 0. The molecule has 1 amide bonds. The van der Waals surface area contributed by atoms with Gasteiger partial charge in [0.2, 0.25) is 5.91 Å². The topological polar surface area (TPSA) is 104 Å². The smallest absolute Gasteiger partial charge is 0.323 e. The first-order valence-electron chi connectivity index (χ1n) is 6.40. The van der Waals surface area contributed by atoms with E-state index < -0.39 is 24.4 Å². The third-order valence-corrected chi connectivity index (χ3v) is 2.60. The summed E-state index contributed by atoms with van der Waals surface area (Å²) in [5.41, 5.74) is 0.337. The van der Waals surface area contributed by atoms with Crippen molar-refractivity contribution in [3.8, 4) is 5.75 Å². The molecule has 0 unspecified atom stereocenters. The Bertz CT molecular complexity index is 511. The van der Waals surface area contributed by atoms with E-state index in [9.17, 15) is 19.5 Å². The molecule has 0 heterocycles. The second-order valence-electron chi connectivity index (χ2n) is 4.20. The van der Waals surface area contributed by atoms with E-state index in [4.69, 9.17) is 9.84 Å². The van der Waals surface area contributed by atoms with Crippen LogP contribution < -0.4 is 4.90 Å². The van der Waals surface area contributed by atoms with Crippen LogP contribution in [0.4, 0.5) is 5.69 Å². The van der Waals surface area contributed by atoms with Gasteiger partial charge in [-0.1, -0.05) is 0 Å². The fraction of sp³-hybridized carbons (Fsp3) is 0.357. The largest absolute Gasteiger partial charge is 0.508 e. The van der Waals surface area contributed by atoms with E-state index in [1.54, 1.807) is 6.92 Å². The van der Waals surface area contributed by atoms with Crippen molar-refractivity contribution in [1.29, 1.82) is 0 Å². The van der Waals surface area contributed by atoms with Gasteiger partial charge in [-0.05, 0) is 31.2 Å². The molecule has 0 fully saturated rings. The molecule has 7 heteroatoms. The molecule has 0 aromatic heterocycles. The van der Waals surface area contributed by atoms with E-state index >= 15 is 0 Å². The maximum absolute atomic E-state index is 12.1. The molecule has 0 bridgehead atoms. The minimum Gasteiger partial charge on any atom is -0.508 e. The monoisotopic (exact) mass is 295 g/mol. The number of hydrogen-bond acceptors (Lipinski definition) is 5. The van der Waals surface area contributed by atoms with Gasteiger partial charge in [0, 0.05) is 12.1 Å². The van der Waals surface area contributed by atoms with Crippen LogP contribution in [0.1, 0.15) is 19.8 Å². The summed E-state index contributed by atoms with van der Waals surface area (Å²) < 4.78 is 4.72. The summed E-state index contributed by atoms with van der Waals surface area (Å²) in [5, 5.41) is 18.1. The lowest BCUT2D eigenvalue weighted by molar-refractivity contribution is -0.144. The van der Waals surface area contributed by atoms with Gasteiger partial charge in [0.25, 0.3) is 0 Å². The quantitative estimate of drug-likeness (QED) is 0.731. The van der Waals surface area contributed by atoms with Crippen molar-refractivity contribution >= 4 is 23.5 Å². The molecular formula is C14H17NO6. The number of aromatic hydroxyl groups is 1. The van der Waals surface area contributed by atoms with Crippen molar-refractivity contribution in [1.82, 2.24) is 0 Å². The van der Waals surface area contributed by atoms with Crippen molar-refractivity contribution in [2.45, 2.75) is 19.8 Å². The molecule has 0 aliphatic heterocycles. The standard InChI is InChI=1S/C14H17NO6/c1-2-21-14(20)8-7-12(17)15(9-13(18)19)10-3-5-11(16)6-4-10/h3-6,16H,2,7-9H2,1H3,(H,18,19). The fourth-order valence-electron chi connectivity index (χ4n) is 1.67. The molecular weight excluding hydrogens is 278 g/mol. The Balaban J connectivity index is 2.77. The van der Waals surface area contributed by atoms with Gasteiger partial charge < -0.3 is 19.8 Å². The number of carboxylic acid groups (broad SMARTS) is 1. The van der Waals surface area contributed by atoms with Crippen LogP contribution in [-0.2, 0) is 19.1 Å². The van der Waals surface area contributed by atoms with E-state index in [0.717, 1.165) is 4.90 Å². The molecule has 7 nitrogen and oxygen atoms in total. The van der Waals surface area contributed by atoms with Gasteiger partial charge in [0.1, 0.15) is 12.3 Å². The minimum absolute atomic E-state index is 0.00741. The Morgan fingerprint density at radius 3 is 2.29 bits per heavy atom. The molecule has 1 aromatic carbocycles. The number of carboxylic acids is 1. The van der Waals surface area contributed by atoms with Crippen molar-refractivity contribution < 1.29 is 29.3 Å². The molecule has 0 saturated heterocycles. The number of phenolic OH excluding ortho intramolecular Hbond substituents is 1. The number of benzene rings is 1. The van der Waals surface area contributed by atoms with Crippen LogP contribution >= 0.6 is 0 Å². The number of amides is 1. The maximum Gasteiger partial charge on any atom is 0.323 e. The molecule has 0 saturated carbocycles. The third kappa shape index (κ3) is 5.52. The highest BCUT2D eigenvalue weighted by Gasteiger charge is 2.19. The molecule has 0 spiro atoms. The van der Waals surface area contributed by atoms with Gasteiger partial charge in [-0.25, -0.2) is 0 Å². The van der Waals surface area contributed by atoms with Gasteiger partial charge in [-0.3, -0.25) is 14.4 Å². The van der Waals surface area contributed by atoms with E-state index in [-0.39, 0.29) is 25.2 Å². The van der Waals surface area contributed by atoms with Gasteiger partial charge in [-0.15, -0.1) is 0 Å². The summed E-state index contributed by atoms with van der Waals surface area (Å²) in [6, 6.07) is 5.56. The number of ether oxygens (including phenoxy) is 1. The summed E-state index contributed by atoms with van der Waals surface area (Å²) in [4.78, 5) is 35.2. The Labute approximate surface area is 121 Å². The average Bonchev–Trinajstić information content (AvgIpc) is 2.43. The molecule has 114 valence electrons. The Morgan fingerprint density at radius 1 is 1.14 bits per heavy atom. The number of aliphatic carboxylic acids is 1. The molecule has 1 aromatic rings. The molecule has 0 aliphatic carbocycles. The minimum atomic E-state index is -1.17. The average molecular weight is 295 g/mol. The summed E-state index contributed by atoms with van der Waals surface area (Å²) in [5.74, 6) is -2.18. The number of hydrogen-bond donors (Lipinski definition) is 2. The highest BCUT2D eigenvalue weighted by molar-refractivity contribution is 5.98. The predicted octanol–water partition coefficient (Wildman–Crippen LogP) is 1.15. The van der Waals surface area contributed by atoms with E-state index in [0.29, 0.717) is 5.69 Å². The van der Waals surface area contributed by atoms with Crippen LogP contribution in [0.15, 0.2) is 24.3 Å². The van der Waals surface area contributed by atoms with E-state index in [1.165, 1.54) is 24.3 Å². The van der Waals surface area contributed by atoms with Crippen molar-refractivity contribution in [3.05, 3.63) is 24.3 Å². The van der Waals surface area contributed by atoms with Gasteiger partial charge in [-0.2, -0.15) is 0 Å². The number of phenols is 1. The van der Waals surface area contributed by atoms with Crippen LogP contribution in [0.2, 0.25) is 0 Å². The molecule has 1 rings (SSSR count). The first-order chi connectivity index (χ1) is 9.93. The number of anilines is 1. The molecule has 0 radical (unpaired) electrons. The lowest BCUT2D eigenvalue weighted by Gasteiger charge is -2.20. The Morgan fingerprint density at radius 2 is 1.76 bits per heavy atom. The van der Waals surface area contributed by atoms with Crippen LogP contribution in [0.3, 0.4) is 0 Å². The number of rotatable bonds is 7. The number of esters is 1. The number of carbonyl (C=O) groups is 3. The van der Waals surface area contributed by atoms with Crippen molar-refractivity contribution in [2.24, 2.45) is 0 Å². The van der Waals surface area contributed by atoms with Crippen molar-refractivity contribution in [2.75, 3.05) is 18.1 Å². The number of carbonyl (C=O) groups excluding carboxylic acids is 2. The predicted molar refractivity (Wildman–Crippen MR) is 74.0 cm³/mol. The lowest BCUT2D eigenvalue weighted by atomic mass is 10.2. The summed E-state index contributed by atoms with van der Waals surface area (Å²) in [6.45, 7) is 1.36. The SMILES string of the molecule is CCOC(=O)CCC(=O)N(CC(=O)O)c1ccc(O)cc1. The second kappa shape index (κ2) is 7.88. The maximum atomic E-state index is 12.1. The fourth-order valence-corrected chi connectivity index (χ4v) is 1.67. The summed E-state index contributed by atoms with van der Waals surface area (Å²) in [7, 11) is 0. The Hall–Kier alpha value is -2.57. The molecule has 0 atom stereocenters.